The quantitative estimate of drug-likeness (QED) is 0.495. The highest BCUT2D eigenvalue weighted by Crippen LogP contribution is 2.14. The van der Waals surface area contributed by atoms with E-state index in [9.17, 15) is 4.79 Å². The van der Waals surface area contributed by atoms with Crippen LogP contribution in [0.3, 0.4) is 0 Å². The van der Waals surface area contributed by atoms with E-state index >= 15 is 0 Å². The first-order chi connectivity index (χ1) is 8.33. The first-order valence-corrected chi connectivity index (χ1v) is 6.77. The highest BCUT2D eigenvalue weighted by Gasteiger charge is 2.15. The number of unbranched alkanes of at least 4 members (excludes halogenated alkanes) is 1. The van der Waals surface area contributed by atoms with Crippen LogP contribution < -0.4 is 5.32 Å². The first-order valence-electron chi connectivity index (χ1n) is 6.77. The van der Waals surface area contributed by atoms with E-state index < -0.39 is 0 Å². The minimum Gasteiger partial charge on any atom is -0.463 e. The van der Waals surface area contributed by atoms with Gasteiger partial charge in [0, 0.05) is 13.0 Å². The summed E-state index contributed by atoms with van der Waals surface area (Å²) in [5, 5.41) is 3.30. The molecule has 1 aliphatic heterocycles. The summed E-state index contributed by atoms with van der Waals surface area (Å²) in [6, 6.07) is 0. The molecule has 0 amide bonds. The molecule has 100 valence electrons. The number of nitrogens with one attached hydrogen (secondary N) is 1. The zero-order valence-corrected chi connectivity index (χ0v) is 10.9. The standard InChI is InChI=1S/C13H25NO3/c1-2-3-8-16-9-10-17-13(15)5-4-12-6-7-14-11-12/h12,14H,2-11H2,1H3. The molecule has 17 heavy (non-hydrogen) atoms. The summed E-state index contributed by atoms with van der Waals surface area (Å²) in [5.41, 5.74) is 0. The van der Waals surface area contributed by atoms with Gasteiger partial charge in [-0.05, 0) is 38.3 Å². The molecule has 0 radical (unpaired) electrons. The summed E-state index contributed by atoms with van der Waals surface area (Å²) in [5.74, 6) is 0.569. The average molecular weight is 243 g/mol. The van der Waals surface area contributed by atoms with Crippen LogP contribution in [-0.2, 0) is 14.3 Å². The first kappa shape index (κ1) is 14.5. The molecule has 0 aromatic rings. The molecule has 1 fully saturated rings. The van der Waals surface area contributed by atoms with Gasteiger partial charge in [-0.2, -0.15) is 0 Å². The lowest BCUT2D eigenvalue weighted by molar-refractivity contribution is -0.145. The smallest absolute Gasteiger partial charge is 0.305 e. The maximum absolute atomic E-state index is 11.4. The van der Waals surface area contributed by atoms with Crippen LogP contribution in [0.5, 0.6) is 0 Å². The van der Waals surface area contributed by atoms with Crippen molar-refractivity contribution in [3.8, 4) is 0 Å². The Morgan fingerprint density at radius 3 is 2.94 bits per heavy atom. The Bertz CT molecular complexity index is 203. The van der Waals surface area contributed by atoms with Gasteiger partial charge in [0.2, 0.25) is 0 Å². The van der Waals surface area contributed by atoms with Crippen LogP contribution in [0.25, 0.3) is 0 Å². The third-order valence-corrected chi connectivity index (χ3v) is 3.05. The van der Waals surface area contributed by atoms with Gasteiger partial charge < -0.3 is 14.8 Å². The van der Waals surface area contributed by atoms with E-state index in [1.165, 1.54) is 6.42 Å². The molecule has 1 saturated heterocycles. The summed E-state index contributed by atoms with van der Waals surface area (Å²) in [6.45, 7) is 5.95. The Labute approximate surface area is 104 Å². The Kier molecular flexibility index (Phi) is 8.01. The van der Waals surface area contributed by atoms with Crippen LogP contribution in [0, 0.1) is 5.92 Å². The average Bonchev–Trinajstić information content (AvgIpc) is 2.84. The normalized spacial score (nSPS) is 19.5. The van der Waals surface area contributed by atoms with Crippen LogP contribution in [0.1, 0.15) is 39.0 Å². The topological polar surface area (TPSA) is 47.6 Å². The summed E-state index contributed by atoms with van der Waals surface area (Å²) >= 11 is 0. The molecule has 1 aliphatic rings. The fourth-order valence-corrected chi connectivity index (χ4v) is 1.92. The monoisotopic (exact) mass is 243 g/mol. The fourth-order valence-electron chi connectivity index (χ4n) is 1.92. The zero-order chi connectivity index (χ0) is 12.3. The van der Waals surface area contributed by atoms with Crippen LogP contribution in [0.4, 0.5) is 0 Å². The maximum atomic E-state index is 11.4. The van der Waals surface area contributed by atoms with Crippen molar-refractivity contribution in [2.45, 2.75) is 39.0 Å². The van der Waals surface area contributed by atoms with Gasteiger partial charge in [0.05, 0.1) is 6.61 Å². The van der Waals surface area contributed by atoms with E-state index in [1.807, 2.05) is 0 Å². The number of ether oxygens (including phenoxy) is 2. The van der Waals surface area contributed by atoms with Gasteiger partial charge in [-0.15, -0.1) is 0 Å². The molecular formula is C13H25NO3. The van der Waals surface area contributed by atoms with Crippen LogP contribution in [0.15, 0.2) is 0 Å². The Hall–Kier alpha value is -0.610. The molecule has 0 spiro atoms. The molecule has 1 heterocycles. The minimum absolute atomic E-state index is 0.0870. The van der Waals surface area contributed by atoms with Crippen molar-refractivity contribution in [3.63, 3.8) is 0 Å². The molecule has 4 heteroatoms. The van der Waals surface area contributed by atoms with E-state index in [2.05, 4.69) is 12.2 Å². The Morgan fingerprint density at radius 1 is 1.35 bits per heavy atom. The van der Waals surface area contributed by atoms with Gasteiger partial charge in [-0.25, -0.2) is 0 Å². The van der Waals surface area contributed by atoms with Gasteiger partial charge >= 0.3 is 5.97 Å². The number of carbonyl (C=O) groups excluding carboxylic acids is 1. The SMILES string of the molecule is CCCCOCCOC(=O)CCC1CCNC1. The van der Waals surface area contributed by atoms with Gasteiger partial charge in [-0.3, -0.25) is 4.79 Å². The van der Waals surface area contributed by atoms with Crippen LogP contribution in [-0.4, -0.2) is 38.9 Å². The van der Waals surface area contributed by atoms with Crippen molar-refractivity contribution in [2.24, 2.45) is 5.92 Å². The van der Waals surface area contributed by atoms with Crippen LogP contribution >= 0.6 is 0 Å². The second-order valence-electron chi connectivity index (χ2n) is 4.58. The van der Waals surface area contributed by atoms with E-state index in [4.69, 9.17) is 9.47 Å². The summed E-state index contributed by atoms with van der Waals surface area (Å²) in [6.07, 6.45) is 4.88. The second kappa shape index (κ2) is 9.42. The second-order valence-corrected chi connectivity index (χ2v) is 4.58. The molecule has 4 nitrogen and oxygen atoms in total. The third-order valence-electron chi connectivity index (χ3n) is 3.05. The van der Waals surface area contributed by atoms with Crippen molar-refractivity contribution in [3.05, 3.63) is 0 Å². The van der Waals surface area contributed by atoms with E-state index in [0.717, 1.165) is 39.0 Å². The fraction of sp³-hybridized carbons (Fsp3) is 0.923. The van der Waals surface area contributed by atoms with Crippen molar-refractivity contribution < 1.29 is 14.3 Å². The Morgan fingerprint density at radius 2 is 2.24 bits per heavy atom. The lowest BCUT2D eigenvalue weighted by Gasteiger charge is -2.08. The molecular weight excluding hydrogens is 218 g/mol. The van der Waals surface area contributed by atoms with E-state index in [-0.39, 0.29) is 5.97 Å². The third kappa shape index (κ3) is 7.34. The lowest BCUT2D eigenvalue weighted by atomic mass is 10.0. The lowest BCUT2D eigenvalue weighted by Crippen LogP contribution is -2.13. The van der Waals surface area contributed by atoms with Crippen molar-refractivity contribution >= 4 is 5.97 Å². The highest BCUT2D eigenvalue weighted by atomic mass is 16.6. The molecule has 0 aliphatic carbocycles. The van der Waals surface area contributed by atoms with Crippen LogP contribution in [0.2, 0.25) is 0 Å². The van der Waals surface area contributed by atoms with Gasteiger partial charge in [0.25, 0.3) is 0 Å². The molecule has 1 unspecified atom stereocenters. The highest BCUT2D eigenvalue weighted by molar-refractivity contribution is 5.69. The summed E-state index contributed by atoms with van der Waals surface area (Å²) < 4.78 is 10.4. The number of esters is 1. The van der Waals surface area contributed by atoms with E-state index in [1.54, 1.807) is 0 Å². The molecule has 1 rings (SSSR count). The number of carbonyl (C=O) groups is 1. The Balaban J connectivity index is 1.87. The molecule has 1 N–H and O–H groups in total. The minimum atomic E-state index is -0.0870. The number of rotatable bonds is 9. The number of hydrogen-bond donors (Lipinski definition) is 1. The maximum Gasteiger partial charge on any atom is 0.305 e. The van der Waals surface area contributed by atoms with Gasteiger partial charge in [-0.1, -0.05) is 13.3 Å². The summed E-state index contributed by atoms with van der Waals surface area (Å²) in [4.78, 5) is 11.4. The largest absolute Gasteiger partial charge is 0.463 e. The predicted molar refractivity (Wildman–Crippen MR) is 66.9 cm³/mol. The van der Waals surface area contributed by atoms with Gasteiger partial charge in [0.15, 0.2) is 0 Å². The van der Waals surface area contributed by atoms with Gasteiger partial charge in [0.1, 0.15) is 6.61 Å². The van der Waals surface area contributed by atoms with Crippen molar-refractivity contribution in [1.29, 1.82) is 0 Å². The summed E-state index contributed by atoms with van der Waals surface area (Å²) in [7, 11) is 0. The van der Waals surface area contributed by atoms with E-state index in [0.29, 0.717) is 25.6 Å². The number of hydrogen-bond acceptors (Lipinski definition) is 4. The molecule has 0 aromatic heterocycles. The predicted octanol–water partition coefficient (Wildman–Crippen LogP) is 1.74. The molecule has 0 bridgehead atoms. The zero-order valence-electron chi connectivity index (χ0n) is 10.9. The molecule has 1 atom stereocenters. The molecule has 0 aromatic carbocycles. The van der Waals surface area contributed by atoms with Crippen molar-refractivity contribution in [2.75, 3.05) is 32.9 Å². The van der Waals surface area contributed by atoms with Crippen molar-refractivity contribution in [1.82, 2.24) is 5.32 Å². The molecule has 0 saturated carbocycles.